The molecule has 0 bridgehead atoms. The Morgan fingerprint density at radius 3 is 2.76 bits per heavy atom. The fourth-order valence-electron chi connectivity index (χ4n) is 2.14. The highest BCUT2D eigenvalue weighted by Gasteiger charge is 2.11. The first-order chi connectivity index (χ1) is 10.2. The minimum atomic E-state index is -0.226. The second-order valence-corrected chi connectivity index (χ2v) is 4.98. The Morgan fingerprint density at radius 2 is 2.00 bits per heavy atom. The molecule has 2 aromatic carbocycles. The molecule has 0 saturated heterocycles. The van der Waals surface area contributed by atoms with Crippen LogP contribution in [0.3, 0.4) is 0 Å². The van der Waals surface area contributed by atoms with Crippen molar-refractivity contribution in [2.75, 3.05) is 12.4 Å². The van der Waals surface area contributed by atoms with Gasteiger partial charge in [-0.05, 0) is 24.3 Å². The Labute approximate surface area is 126 Å². The van der Waals surface area contributed by atoms with Crippen molar-refractivity contribution in [1.29, 1.82) is 0 Å². The van der Waals surface area contributed by atoms with Crippen molar-refractivity contribution >= 4 is 34.1 Å². The third-order valence-corrected chi connectivity index (χ3v) is 3.49. The number of nitrogens with one attached hydrogen (secondary N) is 2. The van der Waals surface area contributed by atoms with Crippen molar-refractivity contribution in [3.63, 3.8) is 0 Å². The molecule has 0 spiro atoms. The van der Waals surface area contributed by atoms with E-state index in [4.69, 9.17) is 16.3 Å². The lowest BCUT2D eigenvalue weighted by molar-refractivity contribution is 0.102. The van der Waals surface area contributed by atoms with Crippen molar-refractivity contribution in [2.45, 2.75) is 0 Å². The third kappa shape index (κ3) is 2.71. The number of ether oxygens (including phenoxy) is 1. The SMILES string of the molecule is COc1cccc(NC(=O)c2cc3cccc(Cl)c3[nH]2)c1. The van der Waals surface area contributed by atoms with E-state index in [-0.39, 0.29) is 5.91 Å². The molecule has 3 aromatic rings. The lowest BCUT2D eigenvalue weighted by Gasteiger charge is -2.05. The second kappa shape index (κ2) is 5.50. The van der Waals surface area contributed by atoms with Gasteiger partial charge in [-0.3, -0.25) is 4.79 Å². The van der Waals surface area contributed by atoms with Crippen LogP contribution in [0, 0.1) is 0 Å². The van der Waals surface area contributed by atoms with E-state index in [1.165, 1.54) is 0 Å². The number of halogens is 1. The first-order valence-corrected chi connectivity index (χ1v) is 6.78. The van der Waals surface area contributed by atoms with Gasteiger partial charge in [-0.1, -0.05) is 29.8 Å². The molecule has 0 aliphatic carbocycles. The summed E-state index contributed by atoms with van der Waals surface area (Å²) in [6.07, 6.45) is 0. The van der Waals surface area contributed by atoms with E-state index >= 15 is 0 Å². The van der Waals surface area contributed by atoms with Gasteiger partial charge in [-0.2, -0.15) is 0 Å². The average molecular weight is 301 g/mol. The molecule has 1 aromatic heterocycles. The molecular formula is C16H13ClN2O2. The predicted octanol–water partition coefficient (Wildman–Crippen LogP) is 4.08. The zero-order valence-corrected chi connectivity index (χ0v) is 12.1. The maximum Gasteiger partial charge on any atom is 0.272 e. The molecule has 4 nitrogen and oxygen atoms in total. The number of anilines is 1. The third-order valence-electron chi connectivity index (χ3n) is 3.18. The summed E-state index contributed by atoms with van der Waals surface area (Å²) < 4.78 is 5.13. The summed E-state index contributed by atoms with van der Waals surface area (Å²) in [5.74, 6) is 0.461. The average Bonchev–Trinajstić information content (AvgIpc) is 2.93. The van der Waals surface area contributed by atoms with E-state index in [0.29, 0.717) is 22.2 Å². The van der Waals surface area contributed by atoms with Gasteiger partial charge in [-0.15, -0.1) is 0 Å². The van der Waals surface area contributed by atoms with Crippen LogP contribution in [-0.4, -0.2) is 18.0 Å². The summed E-state index contributed by atoms with van der Waals surface area (Å²) in [5.41, 5.74) is 1.89. The number of amides is 1. The fraction of sp³-hybridized carbons (Fsp3) is 0.0625. The summed E-state index contributed by atoms with van der Waals surface area (Å²) in [4.78, 5) is 15.3. The number of H-pyrrole nitrogens is 1. The van der Waals surface area contributed by atoms with Gasteiger partial charge in [0.25, 0.3) is 5.91 Å². The number of carbonyl (C=O) groups is 1. The Balaban J connectivity index is 1.88. The Bertz CT molecular complexity index is 811. The summed E-state index contributed by atoms with van der Waals surface area (Å²) in [7, 11) is 1.58. The minimum absolute atomic E-state index is 0.226. The molecule has 2 N–H and O–H groups in total. The first-order valence-electron chi connectivity index (χ1n) is 6.40. The number of fused-ring (bicyclic) bond motifs is 1. The van der Waals surface area contributed by atoms with E-state index < -0.39 is 0 Å². The largest absolute Gasteiger partial charge is 0.497 e. The molecule has 0 aliphatic heterocycles. The highest BCUT2D eigenvalue weighted by molar-refractivity contribution is 6.35. The van der Waals surface area contributed by atoms with Crippen molar-refractivity contribution < 1.29 is 9.53 Å². The van der Waals surface area contributed by atoms with Crippen molar-refractivity contribution in [3.05, 3.63) is 59.2 Å². The molecular weight excluding hydrogens is 288 g/mol. The molecule has 0 fully saturated rings. The van der Waals surface area contributed by atoms with Crippen LogP contribution in [0.25, 0.3) is 10.9 Å². The summed E-state index contributed by atoms with van der Waals surface area (Å²) >= 11 is 6.10. The Morgan fingerprint density at radius 1 is 1.19 bits per heavy atom. The standard InChI is InChI=1S/C16H13ClN2O2/c1-21-12-6-3-5-11(9-12)18-16(20)14-8-10-4-2-7-13(17)15(10)19-14/h2-9,19H,1H3,(H,18,20). The van der Waals surface area contributed by atoms with Gasteiger partial charge in [0.2, 0.25) is 0 Å². The molecule has 0 radical (unpaired) electrons. The molecule has 1 amide bonds. The number of para-hydroxylation sites is 1. The Kier molecular flexibility index (Phi) is 3.54. The summed E-state index contributed by atoms with van der Waals surface area (Å²) in [5, 5.41) is 4.31. The van der Waals surface area contributed by atoms with Crippen LogP contribution in [0.5, 0.6) is 5.75 Å². The summed E-state index contributed by atoms with van der Waals surface area (Å²) in [6, 6.07) is 14.5. The maximum atomic E-state index is 12.3. The van der Waals surface area contributed by atoms with Gasteiger partial charge >= 0.3 is 0 Å². The van der Waals surface area contributed by atoms with Crippen molar-refractivity contribution in [3.8, 4) is 5.75 Å². The number of benzene rings is 2. The van der Waals surface area contributed by atoms with E-state index in [9.17, 15) is 4.79 Å². The zero-order chi connectivity index (χ0) is 14.8. The van der Waals surface area contributed by atoms with Gasteiger partial charge in [0.15, 0.2) is 0 Å². The van der Waals surface area contributed by atoms with E-state index in [1.807, 2.05) is 24.3 Å². The fourth-order valence-corrected chi connectivity index (χ4v) is 2.37. The lowest BCUT2D eigenvalue weighted by atomic mass is 10.2. The predicted molar refractivity (Wildman–Crippen MR) is 84.3 cm³/mol. The van der Waals surface area contributed by atoms with Crippen LogP contribution in [0.1, 0.15) is 10.5 Å². The number of aromatic amines is 1. The topological polar surface area (TPSA) is 54.1 Å². The van der Waals surface area contributed by atoms with Crippen molar-refractivity contribution in [2.24, 2.45) is 0 Å². The molecule has 5 heteroatoms. The normalized spacial score (nSPS) is 10.6. The lowest BCUT2D eigenvalue weighted by Crippen LogP contribution is -2.12. The number of hydrogen-bond donors (Lipinski definition) is 2. The van der Waals surface area contributed by atoms with E-state index in [1.54, 1.807) is 31.4 Å². The number of aromatic nitrogens is 1. The van der Waals surface area contributed by atoms with Crippen LogP contribution < -0.4 is 10.1 Å². The first kappa shape index (κ1) is 13.5. The van der Waals surface area contributed by atoms with Crippen LogP contribution in [0.15, 0.2) is 48.5 Å². The van der Waals surface area contributed by atoms with Gasteiger partial charge in [0.1, 0.15) is 11.4 Å². The van der Waals surface area contributed by atoms with Gasteiger partial charge in [-0.25, -0.2) is 0 Å². The van der Waals surface area contributed by atoms with E-state index in [0.717, 1.165) is 10.9 Å². The highest BCUT2D eigenvalue weighted by atomic mass is 35.5. The highest BCUT2D eigenvalue weighted by Crippen LogP contribution is 2.24. The second-order valence-electron chi connectivity index (χ2n) is 4.57. The zero-order valence-electron chi connectivity index (χ0n) is 11.3. The monoisotopic (exact) mass is 300 g/mol. The molecule has 21 heavy (non-hydrogen) atoms. The van der Waals surface area contributed by atoms with Gasteiger partial charge < -0.3 is 15.0 Å². The Hall–Kier alpha value is -2.46. The number of methoxy groups -OCH3 is 1. The molecule has 0 saturated carbocycles. The van der Waals surface area contributed by atoms with Crippen LogP contribution in [-0.2, 0) is 0 Å². The minimum Gasteiger partial charge on any atom is -0.497 e. The van der Waals surface area contributed by atoms with Gasteiger partial charge in [0.05, 0.1) is 17.6 Å². The quantitative estimate of drug-likeness (QED) is 0.765. The number of carbonyl (C=O) groups excluding carboxylic acids is 1. The molecule has 1 heterocycles. The van der Waals surface area contributed by atoms with E-state index in [2.05, 4.69) is 10.3 Å². The molecule has 0 unspecified atom stereocenters. The van der Waals surface area contributed by atoms with Crippen LogP contribution in [0.2, 0.25) is 5.02 Å². The maximum absolute atomic E-state index is 12.3. The molecule has 0 aliphatic rings. The molecule has 0 atom stereocenters. The smallest absolute Gasteiger partial charge is 0.272 e. The van der Waals surface area contributed by atoms with Crippen molar-refractivity contribution in [1.82, 2.24) is 4.98 Å². The van der Waals surface area contributed by atoms with Crippen LogP contribution in [0.4, 0.5) is 5.69 Å². The number of rotatable bonds is 3. The van der Waals surface area contributed by atoms with Crippen LogP contribution >= 0.6 is 11.6 Å². The summed E-state index contributed by atoms with van der Waals surface area (Å²) in [6.45, 7) is 0. The van der Waals surface area contributed by atoms with Gasteiger partial charge in [0, 0.05) is 17.1 Å². The number of hydrogen-bond acceptors (Lipinski definition) is 2. The molecule has 3 rings (SSSR count). The molecule has 106 valence electrons.